The predicted octanol–water partition coefficient (Wildman–Crippen LogP) is 5.14. The van der Waals surface area contributed by atoms with E-state index in [0.29, 0.717) is 22.0 Å². The highest BCUT2D eigenvalue weighted by Gasteiger charge is 2.56. The van der Waals surface area contributed by atoms with Crippen molar-refractivity contribution in [2.45, 2.75) is 43.9 Å². The van der Waals surface area contributed by atoms with E-state index < -0.39 is 30.0 Å². The molecule has 0 fully saturated rings. The van der Waals surface area contributed by atoms with E-state index in [-0.39, 0.29) is 5.75 Å². The monoisotopic (exact) mass is 389 g/mol. The van der Waals surface area contributed by atoms with E-state index in [4.69, 9.17) is 0 Å². The Morgan fingerprint density at radius 2 is 1.57 bits per heavy atom. The third kappa shape index (κ3) is 3.83. The Bertz CT molecular complexity index is 979. The van der Waals surface area contributed by atoms with Gasteiger partial charge in [-0.15, -0.1) is 0 Å². The summed E-state index contributed by atoms with van der Waals surface area (Å²) in [6.07, 6.45) is -4.60. The molecule has 0 saturated carbocycles. The summed E-state index contributed by atoms with van der Waals surface area (Å²) in [7, 11) is 0. The summed E-state index contributed by atoms with van der Waals surface area (Å²) >= 11 is 0. The van der Waals surface area contributed by atoms with Crippen LogP contribution in [0.4, 0.5) is 13.2 Å². The highest BCUT2D eigenvalue weighted by molar-refractivity contribution is 5.81. The van der Waals surface area contributed by atoms with Crippen LogP contribution in [0.2, 0.25) is 0 Å². The normalized spacial score (nSPS) is 14.8. The molecule has 2 N–H and O–H groups in total. The van der Waals surface area contributed by atoms with Gasteiger partial charge in [0.05, 0.1) is 5.52 Å². The molecular weight excluding hydrogens is 367 g/mol. The summed E-state index contributed by atoms with van der Waals surface area (Å²) in [5.74, 6) is -0.0913. The maximum atomic E-state index is 14.0. The van der Waals surface area contributed by atoms with Crippen LogP contribution in [0.25, 0.3) is 10.9 Å². The lowest BCUT2D eigenvalue weighted by atomic mass is 9.72. The molecule has 0 radical (unpaired) electrons. The van der Waals surface area contributed by atoms with Crippen molar-refractivity contribution in [3.05, 3.63) is 71.9 Å². The first kappa shape index (κ1) is 20.1. The minimum absolute atomic E-state index is 0.0913. The Kier molecular flexibility index (Phi) is 5.10. The molecule has 3 rings (SSSR count). The fourth-order valence-corrected chi connectivity index (χ4v) is 3.76. The van der Waals surface area contributed by atoms with Gasteiger partial charge >= 0.3 is 6.18 Å². The summed E-state index contributed by atoms with van der Waals surface area (Å²) in [6.45, 7) is 3.17. The molecule has 3 aromatic rings. The number of aliphatic hydroxyl groups is 1. The molecule has 0 aliphatic carbocycles. The SMILES string of the molecule is CC(C)(CC(O)(Cc1ccnc2ccccc12)C(F)(F)F)c1ccccc1O. The molecule has 0 bridgehead atoms. The Morgan fingerprint density at radius 3 is 2.25 bits per heavy atom. The molecule has 0 amide bonds. The van der Waals surface area contributed by atoms with E-state index in [1.54, 1.807) is 56.3 Å². The third-order valence-corrected chi connectivity index (χ3v) is 5.12. The van der Waals surface area contributed by atoms with Crippen molar-refractivity contribution in [3.8, 4) is 5.75 Å². The molecule has 0 spiro atoms. The van der Waals surface area contributed by atoms with Crippen molar-refractivity contribution in [1.29, 1.82) is 0 Å². The smallest absolute Gasteiger partial charge is 0.417 e. The average molecular weight is 389 g/mol. The van der Waals surface area contributed by atoms with E-state index in [1.807, 2.05) is 0 Å². The number of halogens is 3. The van der Waals surface area contributed by atoms with Gasteiger partial charge in [0.2, 0.25) is 0 Å². The zero-order valence-corrected chi connectivity index (χ0v) is 15.7. The summed E-state index contributed by atoms with van der Waals surface area (Å²) in [5.41, 5.74) is -2.78. The molecule has 0 saturated heterocycles. The largest absolute Gasteiger partial charge is 0.508 e. The molecule has 2 aromatic carbocycles. The number of rotatable bonds is 5. The number of aromatic nitrogens is 1. The quantitative estimate of drug-likeness (QED) is 0.635. The van der Waals surface area contributed by atoms with Gasteiger partial charge in [-0.05, 0) is 41.2 Å². The molecule has 3 nitrogen and oxygen atoms in total. The van der Waals surface area contributed by atoms with Crippen molar-refractivity contribution in [2.75, 3.05) is 0 Å². The number of alkyl halides is 3. The van der Waals surface area contributed by atoms with Crippen LogP contribution in [0.5, 0.6) is 5.75 Å². The predicted molar refractivity (Wildman–Crippen MR) is 102 cm³/mol. The molecule has 148 valence electrons. The Morgan fingerprint density at radius 1 is 0.929 bits per heavy atom. The molecule has 1 unspecified atom stereocenters. The van der Waals surface area contributed by atoms with Crippen LogP contribution in [-0.2, 0) is 11.8 Å². The van der Waals surface area contributed by atoms with Gasteiger partial charge in [0, 0.05) is 18.0 Å². The number of nitrogens with zero attached hydrogens (tertiary/aromatic N) is 1. The zero-order chi connectivity index (χ0) is 20.6. The van der Waals surface area contributed by atoms with Gasteiger partial charge in [0.1, 0.15) is 5.75 Å². The van der Waals surface area contributed by atoms with Gasteiger partial charge in [-0.1, -0.05) is 50.2 Å². The number of fused-ring (bicyclic) bond motifs is 1. The lowest BCUT2D eigenvalue weighted by Crippen LogP contribution is -2.50. The Balaban J connectivity index is 2.03. The maximum absolute atomic E-state index is 14.0. The Labute approximate surface area is 161 Å². The third-order valence-electron chi connectivity index (χ3n) is 5.12. The van der Waals surface area contributed by atoms with Gasteiger partial charge in [0.25, 0.3) is 0 Å². The number of pyridine rings is 1. The van der Waals surface area contributed by atoms with E-state index >= 15 is 0 Å². The molecule has 28 heavy (non-hydrogen) atoms. The van der Waals surface area contributed by atoms with E-state index in [9.17, 15) is 23.4 Å². The number of benzene rings is 2. The molecule has 6 heteroatoms. The zero-order valence-electron chi connectivity index (χ0n) is 15.7. The first-order valence-electron chi connectivity index (χ1n) is 8.94. The maximum Gasteiger partial charge on any atom is 0.417 e. The van der Waals surface area contributed by atoms with Crippen molar-refractivity contribution in [2.24, 2.45) is 0 Å². The van der Waals surface area contributed by atoms with Crippen LogP contribution in [0.3, 0.4) is 0 Å². The number of hydrogen-bond donors (Lipinski definition) is 2. The van der Waals surface area contributed by atoms with Crippen molar-refractivity contribution in [3.63, 3.8) is 0 Å². The second-order valence-corrected chi connectivity index (χ2v) is 7.77. The highest BCUT2D eigenvalue weighted by Crippen LogP contribution is 2.45. The first-order chi connectivity index (χ1) is 13.0. The second-order valence-electron chi connectivity index (χ2n) is 7.77. The van der Waals surface area contributed by atoms with Crippen LogP contribution in [0.1, 0.15) is 31.4 Å². The second kappa shape index (κ2) is 7.09. The van der Waals surface area contributed by atoms with Crippen molar-refractivity contribution >= 4 is 10.9 Å². The number of phenolic OH excluding ortho intramolecular Hbond substituents is 1. The van der Waals surface area contributed by atoms with Crippen molar-refractivity contribution < 1.29 is 23.4 Å². The highest BCUT2D eigenvalue weighted by atomic mass is 19.4. The standard InChI is InChI=1S/C22H22F3NO2/c1-20(2,17-8-4-6-10-19(17)27)14-21(28,22(23,24)25)13-15-11-12-26-18-9-5-3-7-16(15)18/h3-12,27-28H,13-14H2,1-2H3. The van der Waals surface area contributed by atoms with Crippen LogP contribution < -0.4 is 0 Å². The first-order valence-corrected chi connectivity index (χ1v) is 8.94. The van der Waals surface area contributed by atoms with Gasteiger partial charge in [-0.2, -0.15) is 13.2 Å². The minimum atomic E-state index is -4.85. The summed E-state index contributed by atoms with van der Waals surface area (Å²) in [4.78, 5) is 4.17. The topological polar surface area (TPSA) is 53.4 Å². The van der Waals surface area contributed by atoms with Crippen molar-refractivity contribution in [1.82, 2.24) is 4.98 Å². The summed E-state index contributed by atoms with van der Waals surface area (Å²) < 4.78 is 42.0. The number of phenols is 1. The summed E-state index contributed by atoms with van der Waals surface area (Å²) in [5, 5.41) is 21.5. The van der Waals surface area contributed by atoms with E-state index in [1.165, 1.54) is 18.3 Å². The van der Waals surface area contributed by atoms with Gasteiger partial charge in [0.15, 0.2) is 5.60 Å². The van der Waals surface area contributed by atoms with E-state index in [0.717, 1.165) is 0 Å². The molecule has 1 heterocycles. The number of aromatic hydroxyl groups is 1. The number of para-hydroxylation sites is 2. The van der Waals surface area contributed by atoms with Gasteiger partial charge in [-0.3, -0.25) is 4.98 Å². The molecule has 1 atom stereocenters. The summed E-state index contributed by atoms with van der Waals surface area (Å²) in [6, 6.07) is 14.7. The van der Waals surface area contributed by atoms with E-state index in [2.05, 4.69) is 4.98 Å². The lowest BCUT2D eigenvalue weighted by molar-refractivity contribution is -0.266. The van der Waals surface area contributed by atoms with Crippen LogP contribution in [-0.4, -0.2) is 27.0 Å². The fraction of sp³-hybridized carbons (Fsp3) is 0.318. The molecule has 0 aliphatic heterocycles. The molecular formula is C22H22F3NO2. The average Bonchev–Trinajstić information content (AvgIpc) is 2.61. The van der Waals surface area contributed by atoms with Gasteiger partial charge in [-0.25, -0.2) is 0 Å². The van der Waals surface area contributed by atoms with Crippen LogP contribution >= 0.6 is 0 Å². The Hall–Kier alpha value is -2.60. The van der Waals surface area contributed by atoms with Crippen LogP contribution in [0.15, 0.2) is 60.8 Å². The van der Waals surface area contributed by atoms with Gasteiger partial charge < -0.3 is 10.2 Å². The van der Waals surface area contributed by atoms with Crippen LogP contribution in [0, 0.1) is 0 Å². The molecule has 1 aromatic heterocycles. The lowest BCUT2D eigenvalue weighted by Gasteiger charge is -2.38. The number of hydrogen-bond acceptors (Lipinski definition) is 3. The fourth-order valence-electron chi connectivity index (χ4n) is 3.76. The minimum Gasteiger partial charge on any atom is -0.508 e. The molecule has 0 aliphatic rings.